The number of carboxylic acid groups (broad SMARTS) is 1. The molecular formula is C9H17O2-. The fourth-order valence-corrected chi connectivity index (χ4v) is 1.08. The van der Waals surface area contributed by atoms with Crippen molar-refractivity contribution in [1.82, 2.24) is 0 Å². The monoisotopic (exact) mass is 157 g/mol. The van der Waals surface area contributed by atoms with Gasteiger partial charge in [-0.05, 0) is 24.7 Å². The number of carboxylic acids is 1. The van der Waals surface area contributed by atoms with Crippen LogP contribution < -0.4 is 5.11 Å². The Hall–Kier alpha value is -0.530. The predicted molar refractivity (Wildman–Crippen MR) is 42.9 cm³/mol. The summed E-state index contributed by atoms with van der Waals surface area (Å²) in [4.78, 5) is 10.5. The molecule has 0 fully saturated rings. The molecule has 11 heavy (non-hydrogen) atoms. The third-order valence-corrected chi connectivity index (χ3v) is 2.21. The zero-order valence-corrected chi connectivity index (χ0v) is 7.59. The lowest BCUT2D eigenvalue weighted by Gasteiger charge is -2.19. The molecule has 0 rings (SSSR count). The van der Waals surface area contributed by atoms with Crippen molar-refractivity contribution >= 4 is 5.97 Å². The lowest BCUT2D eigenvalue weighted by atomic mass is 9.92. The molecule has 2 nitrogen and oxygen atoms in total. The summed E-state index contributed by atoms with van der Waals surface area (Å²) in [6, 6.07) is 0. The molecule has 2 atom stereocenters. The molecule has 0 aliphatic rings. The van der Waals surface area contributed by atoms with Gasteiger partial charge in [-0.3, -0.25) is 0 Å². The number of aliphatic carboxylic acids is 1. The first-order valence-electron chi connectivity index (χ1n) is 4.32. The van der Waals surface area contributed by atoms with E-state index >= 15 is 0 Å². The van der Waals surface area contributed by atoms with Crippen molar-refractivity contribution in [2.45, 2.75) is 40.0 Å². The minimum Gasteiger partial charge on any atom is -0.550 e. The molecule has 0 aliphatic carbocycles. The van der Waals surface area contributed by atoms with Crippen molar-refractivity contribution in [3.8, 4) is 0 Å². The Kier molecular flexibility index (Phi) is 4.92. The van der Waals surface area contributed by atoms with E-state index in [0.29, 0.717) is 12.3 Å². The van der Waals surface area contributed by atoms with Crippen LogP contribution >= 0.6 is 0 Å². The third kappa shape index (κ3) is 4.02. The second kappa shape index (κ2) is 5.16. The molecule has 66 valence electrons. The fourth-order valence-electron chi connectivity index (χ4n) is 1.08. The molecule has 2 heteroatoms. The molecule has 0 saturated carbocycles. The molecule has 0 radical (unpaired) electrons. The second-order valence-corrected chi connectivity index (χ2v) is 3.17. The number of rotatable bonds is 5. The van der Waals surface area contributed by atoms with Gasteiger partial charge in [-0.25, -0.2) is 0 Å². The number of carbonyl (C=O) groups excluding carboxylic acids is 1. The number of carbonyl (C=O) groups is 1. The SMILES string of the molecule is CCC(C)CC(CC)C(=O)[O-]. The zero-order valence-electron chi connectivity index (χ0n) is 7.59. The lowest BCUT2D eigenvalue weighted by molar-refractivity contribution is -0.312. The van der Waals surface area contributed by atoms with Crippen molar-refractivity contribution in [2.24, 2.45) is 11.8 Å². The Balaban J connectivity index is 3.77. The summed E-state index contributed by atoms with van der Waals surface area (Å²) >= 11 is 0. The van der Waals surface area contributed by atoms with E-state index in [4.69, 9.17) is 0 Å². The molecule has 0 N–H and O–H groups in total. The van der Waals surface area contributed by atoms with Crippen LogP contribution in [0, 0.1) is 11.8 Å². The van der Waals surface area contributed by atoms with E-state index in [0.717, 1.165) is 12.8 Å². The molecule has 0 saturated heterocycles. The van der Waals surface area contributed by atoms with Crippen molar-refractivity contribution in [3.63, 3.8) is 0 Å². The summed E-state index contributed by atoms with van der Waals surface area (Å²) in [6.45, 7) is 6.04. The summed E-state index contributed by atoms with van der Waals surface area (Å²) in [5, 5.41) is 10.5. The summed E-state index contributed by atoms with van der Waals surface area (Å²) in [7, 11) is 0. The quantitative estimate of drug-likeness (QED) is 0.601. The first kappa shape index (κ1) is 10.5. The van der Waals surface area contributed by atoms with Crippen molar-refractivity contribution < 1.29 is 9.90 Å². The van der Waals surface area contributed by atoms with Gasteiger partial charge in [-0.2, -0.15) is 0 Å². The van der Waals surface area contributed by atoms with Crippen molar-refractivity contribution in [1.29, 1.82) is 0 Å². The van der Waals surface area contributed by atoms with Gasteiger partial charge in [0, 0.05) is 5.97 Å². The summed E-state index contributed by atoms with van der Waals surface area (Å²) in [6.07, 6.45) is 2.49. The van der Waals surface area contributed by atoms with Crippen LogP contribution in [-0.2, 0) is 4.79 Å². The average molecular weight is 157 g/mol. The summed E-state index contributed by atoms with van der Waals surface area (Å²) in [5.41, 5.74) is 0. The maximum absolute atomic E-state index is 10.5. The van der Waals surface area contributed by atoms with Crippen molar-refractivity contribution in [3.05, 3.63) is 0 Å². The van der Waals surface area contributed by atoms with Crippen LogP contribution in [0.5, 0.6) is 0 Å². The van der Waals surface area contributed by atoms with E-state index in [2.05, 4.69) is 13.8 Å². The first-order valence-corrected chi connectivity index (χ1v) is 4.32. The number of hydrogen-bond acceptors (Lipinski definition) is 2. The van der Waals surface area contributed by atoms with Gasteiger partial charge in [-0.1, -0.05) is 27.2 Å². The predicted octanol–water partition coefficient (Wildman–Crippen LogP) is 1.20. The molecule has 0 aromatic rings. The topological polar surface area (TPSA) is 40.1 Å². The Morgan fingerprint density at radius 3 is 2.18 bits per heavy atom. The van der Waals surface area contributed by atoms with Crippen LogP contribution in [0.25, 0.3) is 0 Å². The maximum Gasteiger partial charge on any atom is 0.0445 e. The van der Waals surface area contributed by atoms with E-state index < -0.39 is 5.97 Å². The Labute approximate surface area is 68.6 Å². The summed E-state index contributed by atoms with van der Waals surface area (Å²) < 4.78 is 0. The Bertz CT molecular complexity index is 121. The standard InChI is InChI=1S/C9H18O2/c1-4-7(3)6-8(5-2)9(10)11/h7-8H,4-6H2,1-3H3,(H,10,11)/p-1. The highest BCUT2D eigenvalue weighted by Gasteiger charge is 2.10. The molecule has 0 amide bonds. The molecule has 0 aromatic carbocycles. The van der Waals surface area contributed by atoms with E-state index in [1.165, 1.54) is 0 Å². The molecule has 0 aliphatic heterocycles. The highest BCUT2D eigenvalue weighted by molar-refractivity contribution is 5.67. The second-order valence-electron chi connectivity index (χ2n) is 3.17. The maximum atomic E-state index is 10.5. The number of hydrogen-bond donors (Lipinski definition) is 0. The largest absolute Gasteiger partial charge is 0.550 e. The van der Waals surface area contributed by atoms with E-state index in [9.17, 15) is 9.90 Å². The molecule has 0 aromatic heterocycles. The van der Waals surface area contributed by atoms with Crippen molar-refractivity contribution in [2.75, 3.05) is 0 Å². The highest BCUT2D eigenvalue weighted by atomic mass is 16.4. The van der Waals surface area contributed by atoms with Crippen LogP contribution in [0.15, 0.2) is 0 Å². The average Bonchev–Trinajstić information content (AvgIpc) is 1.99. The van der Waals surface area contributed by atoms with Crippen LogP contribution in [0.2, 0.25) is 0 Å². The molecule has 0 heterocycles. The fraction of sp³-hybridized carbons (Fsp3) is 0.889. The Morgan fingerprint density at radius 1 is 1.36 bits per heavy atom. The Morgan fingerprint density at radius 2 is 1.91 bits per heavy atom. The van der Waals surface area contributed by atoms with Gasteiger partial charge in [0.05, 0.1) is 0 Å². The zero-order chi connectivity index (χ0) is 8.85. The molecule has 2 unspecified atom stereocenters. The van der Waals surface area contributed by atoms with Gasteiger partial charge in [0.15, 0.2) is 0 Å². The minimum absolute atomic E-state index is 0.245. The molecular weight excluding hydrogens is 140 g/mol. The van der Waals surface area contributed by atoms with Crippen LogP contribution in [0.1, 0.15) is 40.0 Å². The van der Waals surface area contributed by atoms with Crippen LogP contribution in [0.4, 0.5) is 0 Å². The lowest BCUT2D eigenvalue weighted by Crippen LogP contribution is -2.31. The van der Waals surface area contributed by atoms with Crippen LogP contribution in [-0.4, -0.2) is 5.97 Å². The van der Waals surface area contributed by atoms with Gasteiger partial charge < -0.3 is 9.90 Å². The van der Waals surface area contributed by atoms with E-state index in [1.54, 1.807) is 0 Å². The minimum atomic E-state index is -0.896. The molecule has 0 spiro atoms. The smallest absolute Gasteiger partial charge is 0.0445 e. The van der Waals surface area contributed by atoms with Gasteiger partial charge in [0.1, 0.15) is 0 Å². The third-order valence-electron chi connectivity index (χ3n) is 2.21. The van der Waals surface area contributed by atoms with Gasteiger partial charge in [0.2, 0.25) is 0 Å². The molecule has 0 bridgehead atoms. The highest BCUT2D eigenvalue weighted by Crippen LogP contribution is 2.16. The first-order chi connectivity index (χ1) is 5.11. The van der Waals surface area contributed by atoms with Gasteiger partial charge in [0.25, 0.3) is 0 Å². The van der Waals surface area contributed by atoms with E-state index in [-0.39, 0.29) is 5.92 Å². The van der Waals surface area contributed by atoms with Gasteiger partial charge >= 0.3 is 0 Å². The van der Waals surface area contributed by atoms with Crippen LogP contribution in [0.3, 0.4) is 0 Å². The van der Waals surface area contributed by atoms with Gasteiger partial charge in [-0.15, -0.1) is 0 Å². The normalized spacial score (nSPS) is 15.9. The summed E-state index contributed by atoms with van der Waals surface area (Å²) in [5.74, 6) is -0.643. The van der Waals surface area contributed by atoms with E-state index in [1.807, 2.05) is 6.92 Å².